The van der Waals surface area contributed by atoms with Crippen LogP contribution in [-0.4, -0.2) is 9.13 Å². The molecule has 1 aliphatic carbocycles. The zero-order valence-corrected chi connectivity index (χ0v) is 28.8. The number of rotatable bonds is 4. The van der Waals surface area contributed by atoms with Gasteiger partial charge in [-0.3, -0.25) is 0 Å². The van der Waals surface area contributed by atoms with Gasteiger partial charge in [0.05, 0.1) is 31.5 Å². The van der Waals surface area contributed by atoms with Gasteiger partial charge in [-0.1, -0.05) is 66.7 Å². The number of hydrogen-bond donors (Lipinski definition) is 0. The first kappa shape index (κ1) is 27.7. The van der Waals surface area contributed by atoms with Crippen molar-refractivity contribution in [1.29, 1.82) is 0 Å². The quantitative estimate of drug-likeness (QED) is 0.175. The second-order valence-electron chi connectivity index (χ2n) is 12.8. The van der Waals surface area contributed by atoms with E-state index in [0.29, 0.717) is 0 Å². The first-order chi connectivity index (χ1) is 24.3. The summed E-state index contributed by atoms with van der Waals surface area (Å²) in [6, 6.07) is 45.3. The molecule has 0 fully saturated rings. The molecule has 0 unspecified atom stereocenters. The molecule has 5 aromatic carbocycles. The largest absolute Gasteiger partial charge is 0.310 e. The highest BCUT2D eigenvalue weighted by Gasteiger charge is 2.19. The predicted molar refractivity (Wildman–Crippen MR) is 216 cm³/mol. The Morgan fingerprint density at radius 3 is 2.06 bits per heavy atom. The number of benzene rings is 5. The van der Waals surface area contributed by atoms with E-state index in [1.54, 1.807) is 0 Å². The fourth-order valence-electron chi connectivity index (χ4n) is 7.79. The Labute approximate surface area is 294 Å². The van der Waals surface area contributed by atoms with E-state index in [0.717, 1.165) is 12.8 Å². The predicted octanol–water partition coefficient (Wildman–Crippen LogP) is 13.9. The SMILES string of the molecule is C1=CC(n2c3ccccc3c3cc(-c4ccc5sc6ccc(-c7cc8c(s7)c7sccc7n8-c7ccccc7)cc6c5c4)ccc32)=CCC1. The maximum Gasteiger partial charge on any atom is 0.0711 e. The van der Waals surface area contributed by atoms with Crippen LogP contribution in [0.4, 0.5) is 0 Å². The Morgan fingerprint density at radius 1 is 0.490 bits per heavy atom. The molecule has 232 valence electrons. The fourth-order valence-corrected chi connectivity index (χ4v) is 11.0. The fraction of sp³-hybridized carbons (Fsp3) is 0.0455. The minimum Gasteiger partial charge on any atom is -0.310 e. The van der Waals surface area contributed by atoms with Gasteiger partial charge in [0, 0.05) is 47.2 Å². The summed E-state index contributed by atoms with van der Waals surface area (Å²) < 4.78 is 10.3. The van der Waals surface area contributed by atoms with Crippen LogP contribution in [-0.2, 0) is 0 Å². The van der Waals surface area contributed by atoms with Gasteiger partial charge in [-0.2, -0.15) is 0 Å². The summed E-state index contributed by atoms with van der Waals surface area (Å²) in [6.07, 6.45) is 9.14. The zero-order valence-electron chi connectivity index (χ0n) is 26.4. The molecule has 0 spiro atoms. The number of nitrogens with zero attached hydrogens (tertiary/aromatic N) is 2. The van der Waals surface area contributed by atoms with Crippen LogP contribution in [0.1, 0.15) is 12.8 Å². The molecule has 11 rings (SSSR count). The molecule has 0 N–H and O–H groups in total. The van der Waals surface area contributed by atoms with Crippen LogP contribution < -0.4 is 0 Å². The maximum atomic E-state index is 2.43. The molecule has 49 heavy (non-hydrogen) atoms. The second kappa shape index (κ2) is 10.6. The molecule has 2 nitrogen and oxygen atoms in total. The lowest BCUT2D eigenvalue weighted by Gasteiger charge is -2.12. The third kappa shape index (κ3) is 4.16. The van der Waals surface area contributed by atoms with Crippen molar-refractivity contribution in [2.75, 3.05) is 0 Å². The Hall–Kier alpha value is -5.20. The minimum atomic E-state index is 1.09. The lowest BCUT2D eigenvalue weighted by Crippen LogP contribution is -1.96. The van der Waals surface area contributed by atoms with E-state index >= 15 is 0 Å². The van der Waals surface area contributed by atoms with E-state index in [4.69, 9.17) is 0 Å². The number of aromatic nitrogens is 2. The van der Waals surface area contributed by atoms with Gasteiger partial charge in [0.1, 0.15) is 0 Å². The van der Waals surface area contributed by atoms with Crippen LogP contribution in [0.15, 0.2) is 145 Å². The Morgan fingerprint density at radius 2 is 1.22 bits per heavy atom. The first-order valence-electron chi connectivity index (χ1n) is 16.7. The van der Waals surface area contributed by atoms with Gasteiger partial charge < -0.3 is 9.13 Å². The van der Waals surface area contributed by atoms with Gasteiger partial charge in [0.25, 0.3) is 0 Å². The van der Waals surface area contributed by atoms with Crippen molar-refractivity contribution in [3.63, 3.8) is 0 Å². The Kier molecular flexibility index (Phi) is 6.02. The summed E-state index contributed by atoms with van der Waals surface area (Å²) in [5.41, 5.74) is 11.4. The standard InChI is InChI=1S/C44H28N2S3/c1-3-9-30(10-4-1)45-36-14-8-7-13-32(36)33-23-27(15-18-37(33)45)28-16-19-40-34(24-28)35-25-29(17-20-41(35)48-40)42-26-39-44(49-42)43-38(21-22-47-43)46(39)31-11-5-2-6-12-31/h2-3,5-26H,1,4H2. The van der Waals surface area contributed by atoms with Gasteiger partial charge in [-0.15, -0.1) is 34.0 Å². The van der Waals surface area contributed by atoms with Crippen LogP contribution in [0.25, 0.3) is 95.4 Å². The summed E-state index contributed by atoms with van der Waals surface area (Å²) in [4.78, 5) is 1.31. The second-order valence-corrected chi connectivity index (χ2v) is 15.9. The highest BCUT2D eigenvalue weighted by atomic mass is 32.1. The van der Waals surface area contributed by atoms with Crippen molar-refractivity contribution in [1.82, 2.24) is 9.13 Å². The van der Waals surface area contributed by atoms with Crippen LogP contribution in [0.3, 0.4) is 0 Å². The van der Waals surface area contributed by atoms with Crippen molar-refractivity contribution in [2.24, 2.45) is 0 Å². The monoisotopic (exact) mass is 680 g/mol. The van der Waals surface area contributed by atoms with Crippen molar-refractivity contribution in [3.8, 4) is 27.3 Å². The average Bonchev–Trinajstić information content (AvgIpc) is 3.97. The molecular formula is C44H28N2S3. The van der Waals surface area contributed by atoms with E-state index in [2.05, 4.69) is 154 Å². The third-order valence-electron chi connectivity index (χ3n) is 10.1. The molecule has 0 saturated carbocycles. The summed E-state index contributed by atoms with van der Waals surface area (Å²) >= 11 is 5.64. The topological polar surface area (TPSA) is 9.86 Å². The molecule has 5 heterocycles. The van der Waals surface area contributed by atoms with Crippen LogP contribution in [0, 0.1) is 0 Å². The van der Waals surface area contributed by atoms with Gasteiger partial charge >= 0.3 is 0 Å². The average molecular weight is 681 g/mol. The summed E-state index contributed by atoms with van der Waals surface area (Å²) in [7, 11) is 0. The molecule has 0 amide bonds. The van der Waals surface area contributed by atoms with Crippen LogP contribution in [0.2, 0.25) is 0 Å². The van der Waals surface area contributed by atoms with E-state index < -0.39 is 0 Å². The third-order valence-corrected chi connectivity index (χ3v) is 13.4. The highest BCUT2D eigenvalue weighted by molar-refractivity contribution is 7.28. The summed E-state index contributed by atoms with van der Waals surface area (Å²) in [5, 5.41) is 7.48. The number of allylic oxidation sites excluding steroid dienone is 4. The van der Waals surface area contributed by atoms with Crippen molar-refractivity contribution in [2.45, 2.75) is 12.8 Å². The number of thiophene rings is 3. The lowest BCUT2D eigenvalue weighted by atomic mass is 10.00. The zero-order chi connectivity index (χ0) is 32.1. The molecule has 10 aromatic rings. The van der Waals surface area contributed by atoms with Crippen molar-refractivity contribution >= 4 is 102 Å². The van der Waals surface area contributed by atoms with Crippen LogP contribution >= 0.6 is 34.0 Å². The number of hydrogen-bond acceptors (Lipinski definition) is 3. The van der Waals surface area contributed by atoms with E-state index in [1.165, 1.54) is 95.4 Å². The molecule has 0 bridgehead atoms. The van der Waals surface area contributed by atoms with Crippen LogP contribution in [0.5, 0.6) is 0 Å². The molecule has 1 aliphatic rings. The molecule has 0 saturated heterocycles. The van der Waals surface area contributed by atoms with Gasteiger partial charge in [0.2, 0.25) is 0 Å². The molecular weight excluding hydrogens is 653 g/mol. The molecule has 0 atom stereocenters. The normalized spacial score (nSPS) is 13.6. The van der Waals surface area contributed by atoms with Crippen molar-refractivity contribution < 1.29 is 0 Å². The molecule has 5 heteroatoms. The summed E-state index contributed by atoms with van der Waals surface area (Å²) in [5.74, 6) is 0. The van der Waals surface area contributed by atoms with Gasteiger partial charge in [-0.05, 0) is 108 Å². The lowest BCUT2D eigenvalue weighted by molar-refractivity contribution is 1.02. The Balaban J connectivity index is 1.05. The summed E-state index contributed by atoms with van der Waals surface area (Å²) in [6.45, 7) is 0. The molecule has 0 aliphatic heterocycles. The van der Waals surface area contributed by atoms with E-state index in [-0.39, 0.29) is 0 Å². The van der Waals surface area contributed by atoms with E-state index in [9.17, 15) is 0 Å². The maximum absolute atomic E-state index is 2.43. The molecule has 0 radical (unpaired) electrons. The first-order valence-corrected chi connectivity index (χ1v) is 19.2. The van der Waals surface area contributed by atoms with Crippen molar-refractivity contribution in [3.05, 3.63) is 145 Å². The number of fused-ring (bicyclic) bond motifs is 9. The van der Waals surface area contributed by atoms with Gasteiger partial charge in [0.15, 0.2) is 0 Å². The Bertz CT molecular complexity index is 2990. The molecule has 5 aromatic heterocycles. The minimum absolute atomic E-state index is 1.09. The number of para-hydroxylation sites is 2. The highest BCUT2D eigenvalue weighted by Crippen LogP contribution is 2.45. The van der Waals surface area contributed by atoms with E-state index in [1.807, 2.05) is 34.0 Å². The smallest absolute Gasteiger partial charge is 0.0711 e. The van der Waals surface area contributed by atoms with Gasteiger partial charge in [-0.25, -0.2) is 0 Å².